The second-order valence-electron chi connectivity index (χ2n) is 5.80. The van der Waals surface area contributed by atoms with Crippen molar-refractivity contribution in [2.24, 2.45) is 0 Å². The molecule has 3 heteroatoms. The van der Waals surface area contributed by atoms with Gasteiger partial charge in [0.05, 0.1) is 6.10 Å². The highest BCUT2D eigenvalue weighted by Gasteiger charge is 2.13. The molecular weight excluding hydrogens is 278 g/mol. The van der Waals surface area contributed by atoms with Crippen LogP contribution in [0, 0.1) is 6.92 Å². The molecule has 0 aliphatic carbocycles. The summed E-state index contributed by atoms with van der Waals surface area (Å²) in [5.74, 6) is 0.941. The van der Waals surface area contributed by atoms with Crippen LogP contribution in [0.15, 0.2) is 36.4 Å². The molecule has 1 aromatic carbocycles. The highest BCUT2D eigenvalue weighted by atomic mass is 32.1. The summed E-state index contributed by atoms with van der Waals surface area (Å²) in [6, 6.07) is 13.4. The van der Waals surface area contributed by atoms with Crippen molar-refractivity contribution >= 4 is 11.3 Å². The van der Waals surface area contributed by atoms with E-state index in [-0.39, 0.29) is 12.1 Å². The van der Waals surface area contributed by atoms with Crippen molar-refractivity contribution in [2.75, 3.05) is 0 Å². The molecule has 2 rings (SSSR count). The molecule has 2 aromatic rings. The number of benzene rings is 1. The SMILES string of the molecule is Cc1ccc(C(C)NC(C)c2cccc(OC(C)C)c2)s1. The van der Waals surface area contributed by atoms with E-state index in [2.05, 4.69) is 70.3 Å². The molecule has 1 aromatic heterocycles. The molecule has 114 valence electrons. The van der Waals surface area contributed by atoms with Gasteiger partial charge in [-0.25, -0.2) is 0 Å². The quantitative estimate of drug-likeness (QED) is 0.786. The average molecular weight is 303 g/mol. The van der Waals surface area contributed by atoms with Gasteiger partial charge in [0.25, 0.3) is 0 Å². The minimum Gasteiger partial charge on any atom is -0.491 e. The maximum absolute atomic E-state index is 5.77. The fourth-order valence-corrected chi connectivity index (χ4v) is 3.26. The smallest absolute Gasteiger partial charge is 0.120 e. The van der Waals surface area contributed by atoms with E-state index < -0.39 is 0 Å². The van der Waals surface area contributed by atoms with Crippen molar-refractivity contribution in [3.8, 4) is 5.75 Å². The first-order valence-electron chi connectivity index (χ1n) is 7.54. The maximum Gasteiger partial charge on any atom is 0.120 e. The van der Waals surface area contributed by atoms with E-state index in [1.54, 1.807) is 0 Å². The van der Waals surface area contributed by atoms with Gasteiger partial charge in [0, 0.05) is 21.8 Å². The predicted molar refractivity (Wildman–Crippen MR) is 91.2 cm³/mol. The predicted octanol–water partition coefficient (Wildman–Crippen LogP) is 5.26. The van der Waals surface area contributed by atoms with Gasteiger partial charge in [-0.2, -0.15) is 0 Å². The standard InChI is InChI=1S/C18H25NOS/c1-12(2)20-17-8-6-7-16(11-17)14(4)19-15(5)18-10-9-13(3)21-18/h6-12,14-15,19H,1-5H3. The van der Waals surface area contributed by atoms with Crippen LogP contribution in [-0.4, -0.2) is 6.10 Å². The summed E-state index contributed by atoms with van der Waals surface area (Å²) in [4.78, 5) is 2.74. The van der Waals surface area contributed by atoms with E-state index >= 15 is 0 Å². The van der Waals surface area contributed by atoms with Crippen molar-refractivity contribution < 1.29 is 4.74 Å². The largest absolute Gasteiger partial charge is 0.491 e. The summed E-state index contributed by atoms with van der Waals surface area (Å²) >= 11 is 1.86. The Morgan fingerprint density at radius 3 is 2.38 bits per heavy atom. The van der Waals surface area contributed by atoms with Gasteiger partial charge in [-0.15, -0.1) is 11.3 Å². The molecule has 0 amide bonds. The van der Waals surface area contributed by atoms with Crippen LogP contribution in [0.4, 0.5) is 0 Å². The Bertz CT molecular complexity index is 576. The van der Waals surface area contributed by atoms with Crippen LogP contribution in [0.2, 0.25) is 0 Å². The van der Waals surface area contributed by atoms with Crippen LogP contribution < -0.4 is 10.1 Å². The lowest BCUT2D eigenvalue weighted by molar-refractivity contribution is 0.242. The summed E-state index contributed by atoms with van der Waals surface area (Å²) in [5, 5.41) is 3.66. The van der Waals surface area contributed by atoms with Gasteiger partial charge in [0.15, 0.2) is 0 Å². The van der Waals surface area contributed by atoms with Crippen LogP contribution in [0.1, 0.15) is 55.1 Å². The lowest BCUT2D eigenvalue weighted by Crippen LogP contribution is -2.21. The number of hydrogen-bond acceptors (Lipinski definition) is 3. The zero-order valence-corrected chi connectivity index (χ0v) is 14.3. The van der Waals surface area contributed by atoms with Gasteiger partial charge in [0.1, 0.15) is 5.75 Å². The first-order chi connectivity index (χ1) is 9.95. The Morgan fingerprint density at radius 2 is 1.76 bits per heavy atom. The molecule has 0 saturated carbocycles. The topological polar surface area (TPSA) is 21.3 Å². The summed E-state index contributed by atoms with van der Waals surface area (Å²) in [6.07, 6.45) is 0.205. The van der Waals surface area contributed by atoms with E-state index in [4.69, 9.17) is 4.74 Å². The summed E-state index contributed by atoms with van der Waals surface area (Å²) in [6.45, 7) is 10.7. The Kier molecular flexibility index (Phi) is 5.43. The van der Waals surface area contributed by atoms with Gasteiger partial charge in [-0.05, 0) is 64.4 Å². The van der Waals surface area contributed by atoms with Crippen molar-refractivity contribution in [1.82, 2.24) is 5.32 Å². The van der Waals surface area contributed by atoms with Crippen molar-refractivity contribution in [3.05, 3.63) is 51.7 Å². The van der Waals surface area contributed by atoms with E-state index in [1.807, 2.05) is 17.4 Å². The van der Waals surface area contributed by atoms with Gasteiger partial charge < -0.3 is 10.1 Å². The molecule has 2 unspecified atom stereocenters. The zero-order chi connectivity index (χ0) is 15.4. The molecule has 0 bridgehead atoms. The summed E-state index contributed by atoms with van der Waals surface area (Å²) in [5.41, 5.74) is 1.26. The molecule has 21 heavy (non-hydrogen) atoms. The Labute approximate surface area is 132 Å². The van der Waals surface area contributed by atoms with E-state index in [0.717, 1.165) is 5.75 Å². The number of hydrogen-bond donors (Lipinski definition) is 1. The fourth-order valence-electron chi connectivity index (χ4n) is 2.37. The van der Waals surface area contributed by atoms with Crippen molar-refractivity contribution in [2.45, 2.75) is 52.8 Å². The first kappa shape index (κ1) is 16.1. The Morgan fingerprint density at radius 1 is 1.00 bits per heavy atom. The molecule has 1 N–H and O–H groups in total. The molecule has 0 fully saturated rings. The second kappa shape index (κ2) is 7.10. The van der Waals surface area contributed by atoms with Crippen LogP contribution in [-0.2, 0) is 0 Å². The molecule has 0 aliphatic rings. The van der Waals surface area contributed by atoms with Gasteiger partial charge in [-0.3, -0.25) is 0 Å². The Hall–Kier alpha value is -1.32. The molecule has 2 atom stereocenters. The van der Waals surface area contributed by atoms with Crippen molar-refractivity contribution in [3.63, 3.8) is 0 Å². The van der Waals surface area contributed by atoms with E-state index in [0.29, 0.717) is 6.04 Å². The maximum atomic E-state index is 5.77. The second-order valence-corrected chi connectivity index (χ2v) is 7.12. The minimum atomic E-state index is 0.205. The molecule has 1 heterocycles. The normalized spacial score (nSPS) is 14.2. The molecule has 0 saturated heterocycles. The lowest BCUT2D eigenvalue weighted by atomic mass is 10.1. The average Bonchev–Trinajstić information content (AvgIpc) is 2.85. The molecule has 0 aliphatic heterocycles. The number of ether oxygens (including phenoxy) is 1. The van der Waals surface area contributed by atoms with Gasteiger partial charge in [-0.1, -0.05) is 12.1 Å². The number of thiophene rings is 1. The molecular formula is C18H25NOS. The van der Waals surface area contributed by atoms with Crippen LogP contribution >= 0.6 is 11.3 Å². The highest BCUT2D eigenvalue weighted by molar-refractivity contribution is 7.12. The van der Waals surface area contributed by atoms with E-state index in [9.17, 15) is 0 Å². The Balaban J connectivity index is 2.04. The van der Waals surface area contributed by atoms with Gasteiger partial charge >= 0.3 is 0 Å². The van der Waals surface area contributed by atoms with E-state index in [1.165, 1.54) is 15.3 Å². The monoisotopic (exact) mass is 303 g/mol. The van der Waals surface area contributed by atoms with Crippen LogP contribution in [0.25, 0.3) is 0 Å². The summed E-state index contributed by atoms with van der Waals surface area (Å²) < 4.78 is 5.77. The third-order valence-corrected chi connectivity index (χ3v) is 4.60. The highest BCUT2D eigenvalue weighted by Crippen LogP contribution is 2.26. The summed E-state index contributed by atoms with van der Waals surface area (Å²) in [7, 11) is 0. The van der Waals surface area contributed by atoms with Gasteiger partial charge in [0.2, 0.25) is 0 Å². The molecule has 2 nitrogen and oxygen atoms in total. The number of aryl methyl sites for hydroxylation is 1. The fraction of sp³-hybridized carbons (Fsp3) is 0.444. The third-order valence-electron chi connectivity index (χ3n) is 3.42. The molecule has 0 spiro atoms. The van der Waals surface area contributed by atoms with Crippen molar-refractivity contribution in [1.29, 1.82) is 0 Å². The zero-order valence-electron chi connectivity index (χ0n) is 13.5. The van der Waals surface area contributed by atoms with Crippen LogP contribution in [0.3, 0.4) is 0 Å². The number of nitrogens with one attached hydrogen (secondary N) is 1. The molecule has 0 radical (unpaired) electrons. The third kappa shape index (κ3) is 4.58. The minimum absolute atomic E-state index is 0.205. The number of rotatable bonds is 6. The lowest BCUT2D eigenvalue weighted by Gasteiger charge is -2.20. The van der Waals surface area contributed by atoms with Crippen LogP contribution in [0.5, 0.6) is 5.75 Å². The first-order valence-corrected chi connectivity index (χ1v) is 8.36.